The third-order valence-corrected chi connectivity index (χ3v) is 5.76. The fourth-order valence-corrected chi connectivity index (χ4v) is 3.98. The third kappa shape index (κ3) is 2.61. The molecule has 1 aliphatic carbocycles. The Hall–Kier alpha value is -1.56. The molecule has 0 aromatic heterocycles. The minimum Gasteiger partial charge on any atom is -0.466 e. The molecular formula is C18H21F2NO2S. The van der Waals surface area contributed by atoms with E-state index in [9.17, 15) is 13.6 Å². The first kappa shape index (κ1) is 17.3. The van der Waals surface area contributed by atoms with Crippen molar-refractivity contribution in [3.05, 3.63) is 35.9 Å². The van der Waals surface area contributed by atoms with Crippen LogP contribution in [-0.2, 0) is 9.53 Å². The van der Waals surface area contributed by atoms with Crippen molar-refractivity contribution in [2.45, 2.75) is 38.7 Å². The lowest BCUT2D eigenvalue weighted by molar-refractivity contribution is -0.156. The Morgan fingerprint density at radius 1 is 1.38 bits per heavy atom. The molecule has 1 aromatic carbocycles. The molecule has 24 heavy (non-hydrogen) atoms. The molecule has 3 nitrogen and oxygen atoms in total. The van der Waals surface area contributed by atoms with Crippen molar-refractivity contribution in [2.24, 2.45) is 11.3 Å². The molecule has 1 aromatic rings. The number of alkyl halides is 2. The van der Waals surface area contributed by atoms with Crippen LogP contribution >= 0.6 is 12.2 Å². The van der Waals surface area contributed by atoms with E-state index in [-0.39, 0.29) is 24.2 Å². The molecule has 2 fully saturated rings. The molecule has 0 amide bonds. The minimum atomic E-state index is -3.17. The number of rotatable bonds is 5. The predicted octanol–water partition coefficient (Wildman–Crippen LogP) is 3.99. The van der Waals surface area contributed by atoms with Gasteiger partial charge in [0.15, 0.2) is 0 Å². The molecule has 1 aliphatic heterocycles. The van der Waals surface area contributed by atoms with Gasteiger partial charge in [0.05, 0.1) is 24.0 Å². The Bertz CT molecular complexity index is 646. The van der Waals surface area contributed by atoms with Gasteiger partial charge in [-0.15, -0.1) is 0 Å². The highest BCUT2D eigenvalue weighted by molar-refractivity contribution is 7.80. The van der Waals surface area contributed by atoms with Crippen molar-refractivity contribution in [3.63, 3.8) is 0 Å². The summed E-state index contributed by atoms with van der Waals surface area (Å²) in [6, 6.07) is 9.18. The molecule has 2 unspecified atom stereocenters. The lowest BCUT2D eigenvalue weighted by Crippen LogP contribution is -2.40. The maximum atomic E-state index is 14.9. The highest BCUT2D eigenvalue weighted by Crippen LogP contribution is 2.60. The Balaban J connectivity index is 1.87. The van der Waals surface area contributed by atoms with E-state index in [1.54, 1.807) is 11.8 Å². The van der Waals surface area contributed by atoms with Crippen LogP contribution < -0.4 is 0 Å². The van der Waals surface area contributed by atoms with E-state index in [4.69, 9.17) is 17.0 Å². The second-order valence-electron chi connectivity index (χ2n) is 6.60. The summed E-state index contributed by atoms with van der Waals surface area (Å²) in [5.74, 6) is -4.78. The fourth-order valence-electron chi connectivity index (χ4n) is 3.61. The van der Waals surface area contributed by atoms with Crippen molar-refractivity contribution in [2.75, 3.05) is 13.2 Å². The van der Waals surface area contributed by atoms with E-state index in [2.05, 4.69) is 0 Å². The van der Waals surface area contributed by atoms with E-state index in [0.29, 0.717) is 12.8 Å². The van der Waals surface area contributed by atoms with Gasteiger partial charge >= 0.3 is 11.9 Å². The molecule has 1 saturated heterocycles. The monoisotopic (exact) mass is 353 g/mol. The van der Waals surface area contributed by atoms with E-state index in [1.807, 2.05) is 37.3 Å². The van der Waals surface area contributed by atoms with Gasteiger partial charge in [0.25, 0.3) is 0 Å². The SMILES string of the molecule is CCOC(=O)C1(C2CN(C(C)c3ccccc3)C(=S)C2(F)F)CC1. The number of likely N-dealkylation sites (tertiary alicyclic amines) is 1. The van der Waals surface area contributed by atoms with Crippen molar-refractivity contribution in [1.29, 1.82) is 0 Å². The summed E-state index contributed by atoms with van der Waals surface area (Å²) in [6.07, 6.45) is 0.893. The molecule has 2 atom stereocenters. The maximum Gasteiger partial charge on any atom is 0.312 e. The van der Waals surface area contributed by atoms with Crippen molar-refractivity contribution in [1.82, 2.24) is 4.90 Å². The Labute approximate surface area is 146 Å². The van der Waals surface area contributed by atoms with Crippen LogP contribution in [0.5, 0.6) is 0 Å². The second-order valence-corrected chi connectivity index (χ2v) is 6.98. The first-order valence-corrected chi connectivity index (χ1v) is 8.66. The average Bonchev–Trinajstić information content (AvgIpc) is 3.33. The number of carbonyl (C=O) groups excluding carboxylic acids is 1. The molecule has 0 spiro atoms. The Kier molecular flexibility index (Phi) is 4.36. The highest BCUT2D eigenvalue weighted by atomic mass is 32.1. The average molecular weight is 353 g/mol. The molecule has 0 N–H and O–H groups in total. The quantitative estimate of drug-likeness (QED) is 0.591. The molecule has 130 valence electrons. The summed E-state index contributed by atoms with van der Waals surface area (Å²) in [6.45, 7) is 3.84. The number of halogens is 2. The number of thiocarbonyl (C=S) groups is 1. The van der Waals surface area contributed by atoms with Gasteiger partial charge in [0.2, 0.25) is 0 Å². The van der Waals surface area contributed by atoms with Crippen LogP contribution in [0.4, 0.5) is 8.78 Å². The zero-order valence-electron chi connectivity index (χ0n) is 13.8. The van der Waals surface area contributed by atoms with Crippen LogP contribution in [0.2, 0.25) is 0 Å². The van der Waals surface area contributed by atoms with Gasteiger partial charge in [0, 0.05) is 6.54 Å². The van der Waals surface area contributed by atoms with Crippen LogP contribution in [0.3, 0.4) is 0 Å². The van der Waals surface area contributed by atoms with Gasteiger partial charge in [-0.05, 0) is 32.3 Å². The fraction of sp³-hybridized carbons (Fsp3) is 0.556. The maximum absolute atomic E-state index is 14.9. The summed E-state index contributed by atoms with van der Waals surface area (Å²) in [5, 5.41) is 0. The minimum absolute atomic E-state index is 0.0840. The number of nitrogens with zero attached hydrogens (tertiary/aromatic N) is 1. The summed E-state index contributed by atoms with van der Waals surface area (Å²) in [5.41, 5.74) is -0.147. The Morgan fingerprint density at radius 3 is 2.54 bits per heavy atom. The van der Waals surface area contributed by atoms with Gasteiger partial charge in [-0.3, -0.25) is 4.79 Å². The van der Waals surface area contributed by atoms with E-state index < -0.39 is 23.2 Å². The first-order valence-electron chi connectivity index (χ1n) is 8.25. The first-order chi connectivity index (χ1) is 11.3. The van der Waals surface area contributed by atoms with Gasteiger partial charge < -0.3 is 9.64 Å². The molecule has 1 saturated carbocycles. The number of esters is 1. The Morgan fingerprint density at radius 2 is 2.00 bits per heavy atom. The summed E-state index contributed by atoms with van der Waals surface area (Å²) < 4.78 is 34.8. The van der Waals surface area contributed by atoms with Crippen LogP contribution in [-0.4, -0.2) is 34.9 Å². The molecule has 1 heterocycles. The molecule has 0 radical (unpaired) electrons. The van der Waals surface area contributed by atoms with Crippen molar-refractivity contribution in [3.8, 4) is 0 Å². The summed E-state index contributed by atoms with van der Waals surface area (Å²) in [7, 11) is 0. The van der Waals surface area contributed by atoms with Crippen LogP contribution in [0.1, 0.15) is 38.3 Å². The number of carbonyl (C=O) groups is 1. The lowest BCUT2D eigenvalue weighted by Gasteiger charge is -2.27. The number of benzene rings is 1. The smallest absolute Gasteiger partial charge is 0.312 e. The zero-order chi connectivity index (χ0) is 17.5. The zero-order valence-corrected chi connectivity index (χ0v) is 14.6. The topological polar surface area (TPSA) is 29.5 Å². The summed E-state index contributed by atoms with van der Waals surface area (Å²) >= 11 is 5.10. The molecule has 6 heteroatoms. The van der Waals surface area contributed by atoms with Crippen molar-refractivity contribution < 1.29 is 18.3 Å². The van der Waals surface area contributed by atoms with E-state index >= 15 is 0 Å². The van der Waals surface area contributed by atoms with Crippen molar-refractivity contribution >= 4 is 23.2 Å². The third-order valence-electron chi connectivity index (χ3n) is 5.25. The molecular weight excluding hydrogens is 332 g/mol. The summed E-state index contributed by atoms with van der Waals surface area (Å²) in [4.78, 5) is 13.4. The van der Waals surface area contributed by atoms with E-state index in [1.165, 1.54) is 0 Å². The largest absolute Gasteiger partial charge is 0.466 e. The molecule has 0 bridgehead atoms. The number of hydrogen-bond donors (Lipinski definition) is 0. The predicted molar refractivity (Wildman–Crippen MR) is 90.9 cm³/mol. The molecule has 2 aliphatic rings. The normalized spacial score (nSPS) is 25.4. The lowest BCUT2D eigenvalue weighted by atomic mass is 9.85. The highest BCUT2D eigenvalue weighted by Gasteiger charge is 2.69. The van der Waals surface area contributed by atoms with Crippen LogP contribution in [0.15, 0.2) is 30.3 Å². The van der Waals surface area contributed by atoms with Crippen LogP contribution in [0.25, 0.3) is 0 Å². The second kappa shape index (κ2) is 6.06. The van der Waals surface area contributed by atoms with Crippen LogP contribution in [0, 0.1) is 11.3 Å². The van der Waals surface area contributed by atoms with Gasteiger partial charge in [-0.1, -0.05) is 42.5 Å². The van der Waals surface area contributed by atoms with Gasteiger partial charge in [-0.25, -0.2) is 0 Å². The van der Waals surface area contributed by atoms with Gasteiger partial charge in [0.1, 0.15) is 4.99 Å². The number of hydrogen-bond acceptors (Lipinski definition) is 3. The van der Waals surface area contributed by atoms with E-state index in [0.717, 1.165) is 5.56 Å². The molecule has 3 rings (SSSR count). The van der Waals surface area contributed by atoms with Gasteiger partial charge in [-0.2, -0.15) is 8.78 Å². The number of ether oxygens (including phenoxy) is 1. The standard InChI is InChI=1S/C18H21F2NO2S/c1-3-23-16(22)17(9-10-17)14-11-21(15(24)18(14,19)20)12(2)13-7-5-4-6-8-13/h4-8,12,14H,3,9-11H2,1-2H3.